The highest BCUT2D eigenvalue weighted by Gasteiger charge is 2.45. The Morgan fingerprint density at radius 1 is 1.28 bits per heavy atom. The highest BCUT2D eigenvalue weighted by atomic mass is 32.2. The molecule has 1 aliphatic rings. The van der Waals surface area contributed by atoms with Gasteiger partial charge >= 0.3 is 0 Å². The van der Waals surface area contributed by atoms with Crippen LogP contribution in [0.1, 0.15) is 11.8 Å². The second-order valence-electron chi connectivity index (χ2n) is 6.55. The minimum Gasteiger partial charge on any atom is -0.394 e. The first kappa shape index (κ1) is 20.0. The zero-order valence-electron chi connectivity index (χ0n) is 15.3. The molecule has 1 saturated heterocycles. The molecule has 152 valence electrons. The van der Waals surface area contributed by atoms with Gasteiger partial charge in [0.15, 0.2) is 17.7 Å². The largest absolute Gasteiger partial charge is 0.394 e. The van der Waals surface area contributed by atoms with Gasteiger partial charge in [-0.25, -0.2) is 15.0 Å². The number of nitrogens with two attached hydrogens (primary N) is 1. The van der Waals surface area contributed by atoms with Crippen LogP contribution < -0.4 is 11.1 Å². The molecule has 3 heterocycles. The third-order valence-corrected chi connectivity index (χ3v) is 6.04. The second-order valence-corrected chi connectivity index (χ2v) is 8.21. The fourth-order valence-electron chi connectivity index (χ4n) is 3.26. The summed E-state index contributed by atoms with van der Waals surface area (Å²) in [7, 11) is 0. The van der Waals surface area contributed by atoms with Gasteiger partial charge in [0.25, 0.3) is 0 Å². The van der Waals surface area contributed by atoms with E-state index in [-0.39, 0.29) is 12.4 Å². The quantitative estimate of drug-likeness (QED) is 0.430. The third-order valence-electron chi connectivity index (χ3n) is 4.71. The van der Waals surface area contributed by atoms with Crippen LogP contribution >= 0.6 is 24.0 Å². The van der Waals surface area contributed by atoms with E-state index in [1.54, 1.807) is 4.57 Å². The molecule has 4 atom stereocenters. The Bertz CT molecular complexity index is 1000. The number of imidazole rings is 1. The molecule has 0 aliphatic carbocycles. The van der Waals surface area contributed by atoms with Crippen molar-refractivity contribution < 1.29 is 14.9 Å². The Morgan fingerprint density at radius 2 is 2.07 bits per heavy atom. The lowest BCUT2D eigenvalue weighted by Gasteiger charge is -2.22. The fourth-order valence-corrected chi connectivity index (χ4v) is 4.29. The summed E-state index contributed by atoms with van der Waals surface area (Å²) in [5.74, 6) is 0.944. The number of aliphatic hydroxyl groups excluding tert-OH is 2. The molecule has 0 radical (unpaired) electrons. The summed E-state index contributed by atoms with van der Waals surface area (Å²) in [6.07, 6.45) is 0.373. The molecular weight excluding hydrogens is 412 g/mol. The number of benzene rings is 1. The Balaban J connectivity index is 1.47. The zero-order chi connectivity index (χ0) is 20.4. The van der Waals surface area contributed by atoms with E-state index < -0.39 is 24.5 Å². The lowest BCUT2D eigenvalue weighted by molar-refractivity contribution is -0.0489. The molecule has 0 bridgehead atoms. The maximum absolute atomic E-state index is 10.9. The van der Waals surface area contributed by atoms with Crippen molar-refractivity contribution in [1.29, 1.82) is 0 Å². The molecule has 1 aliphatic heterocycles. The Labute approximate surface area is 176 Å². The second kappa shape index (κ2) is 8.59. The number of aliphatic hydroxyl groups is 2. The Morgan fingerprint density at radius 3 is 2.83 bits per heavy atom. The average Bonchev–Trinajstić information content (AvgIpc) is 3.29. The van der Waals surface area contributed by atoms with Gasteiger partial charge in [0.1, 0.15) is 28.4 Å². The van der Waals surface area contributed by atoms with Gasteiger partial charge in [0.05, 0.1) is 19.0 Å². The number of thioether (sulfide) groups is 1. The van der Waals surface area contributed by atoms with Crippen molar-refractivity contribution in [2.75, 3.05) is 12.3 Å². The molecule has 3 aromatic rings. The summed E-state index contributed by atoms with van der Waals surface area (Å²) >= 11 is 6.87. The number of rotatable bonds is 5. The van der Waals surface area contributed by atoms with Gasteiger partial charge in [-0.1, -0.05) is 54.3 Å². The highest BCUT2D eigenvalue weighted by molar-refractivity contribution is 8.22. The Kier molecular flexibility index (Phi) is 5.92. The minimum absolute atomic E-state index is 0.244. The van der Waals surface area contributed by atoms with E-state index in [9.17, 15) is 10.2 Å². The third kappa shape index (κ3) is 4.05. The number of nitrogen functional groups attached to an aromatic ring is 1. The van der Waals surface area contributed by atoms with Gasteiger partial charge in [-0.15, -0.1) is 0 Å². The normalized spacial score (nSPS) is 24.1. The van der Waals surface area contributed by atoms with Gasteiger partial charge in [-0.2, -0.15) is 0 Å². The van der Waals surface area contributed by atoms with Gasteiger partial charge in [0.2, 0.25) is 0 Å². The van der Waals surface area contributed by atoms with E-state index in [0.717, 1.165) is 5.56 Å². The summed E-state index contributed by atoms with van der Waals surface area (Å²) in [5, 5.41) is 23.8. The molecule has 0 unspecified atom stereocenters. The van der Waals surface area contributed by atoms with Crippen LogP contribution in [0.25, 0.3) is 11.2 Å². The predicted octanol–water partition coefficient (Wildman–Crippen LogP) is 0.836. The number of thiocarbonyl (C=S) groups is 1. The number of hydrogen-bond donors (Lipinski definition) is 4. The van der Waals surface area contributed by atoms with E-state index in [4.69, 9.17) is 22.7 Å². The number of hydrogen-bond acceptors (Lipinski definition) is 9. The summed E-state index contributed by atoms with van der Waals surface area (Å²) < 4.78 is 7.98. The maximum atomic E-state index is 10.9. The molecule has 0 saturated carbocycles. The van der Waals surface area contributed by atoms with Gasteiger partial charge in [0, 0.05) is 5.75 Å². The van der Waals surface area contributed by atoms with E-state index in [2.05, 4.69) is 20.3 Å². The van der Waals surface area contributed by atoms with Crippen molar-refractivity contribution >= 4 is 45.3 Å². The van der Waals surface area contributed by atoms with Crippen LogP contribution in [0.2, 0.25) is 0 Å². The van der Waals surface area contributed by atoms with Crippen molar-refractivity contribution in [1.82, 2.24) is 24.8 Å². The van der Waals surface area contributed by atoms with E-state index >= 15 is 0 Å². The molecule has 29 heavy (non-hydrogen) atoms. The molecule has 0 spiro atoms. The van der Waals surface area contributed by atoms with Crippen molar-refractivity contribution in [3.8, 4) is 0 Å². The van der Waals surface area contributed by atoms with Crippen molar-refractivity contribution in [3.05, 3.63) is 48.5 Å². The van der Waals surface area contributed by atoms with Crippen LogP contribution in [0.4, 0.5) is 5.82 Å². The van der Waals surface area contributed by atoms with Crippen LogP contribution in [0.5, 0.6) is 0 Å². The fraction of sp³-hybridized carbons (Fsp3) is 0.333. The topological polar surface area (TPSA) is 131 Å². The molecule has 9 nitrogen and oxygen atoms in total. The highest BCUT2D eigenvalue weighted by Crippen LogP contribution is 2.32. The molecule has 2 aromatic heterocycles. The molecule has 1 fully saturated rings. The minimum atomic E-state index is -0.990. The molecule has 4 rings (SSSR count). The molecule has 5 N–H and O–H groups in total. The van der Waals surface area contributed by atoms with Crippen LogP contribution in [-0.2, 0) is 10.5 Å². The number of aromatic nitrogens is 4. The van der Waals surface area contributed by atoms with Gasteiger partial charge in [-0.05, 0) is 5.56 Å². The van der Waals surface area contributed by atoms with Crippen LogP contribution in [0, 0.1) is 0 Å². The van der Waals surface area contributed by atoms with Crippen molar-refractivity contribution in [2.45, 2.75) is 30.2 Å². The van der Waals surface area contributed by atoms with E-state index in [0.29, 0.717) is 21.2 Å². The van der Waals surface area contributed by atoms with Crippen molar-refractivity contribution in [3.63, 3.8) is 0 Å². The first-order valence-corrected chi connectivity index (χ1v) is 10.3. The average molecular weight is 433 g/mol. The lowest BCUT2D eigenvalue weighted by atomic mass is 10.1. The summed E-state index contributed by atoms with van der Waals surface area (Å²) in [5.41, 5.74) is 7.84. The summed E-state index contributed by atoms with van der Waals surface area (Å²) in [6, 6.07) is 9.36. The molecule has 0 amide bonds. The van der Waals surface area contributed by atoms with E-state index in [1.807, 2.05) is 30.3 Å². The smallest absolute Gasteiger partial charge is 0.167 e. The van der Waals surface area contributed by atoms with E-state index in [1.165, 1.54) is 24.4 Å². The number of anilines is 1. The summed E-state index contributed by atoms with van der Waals surface area (Å²) in [6.45, 7) is -0.277. The predicted molar refractivity (Wildman–Crippen MR) is 114 cm³/mol. The van der Waals surface area contributed by atoms with Gasteiger partial charge in [-0.3, -0.25) is 4.57 Å². The first-order chi connectivity index (χ1) is 14.1. The van der Waals surface area contributed by atoms with Gasteiger partial charge < -0.3 is 26.0 Å². The van der Waals surface area contributed by atoms with Crippen LogP contribution in [0.3, 0.4) is 0 Å². The number of ether oxygens (including phenoxy) is 1. The Hall–Kier alpha value is -2.31. The SMILES string of the molecule is Nc1ncnc2c1ncn2[C@H]1O[C@@H](CO)[C@@H](NC(=S)SCc2ccccc2)[C@H]1O. The summed E-state index contributed by atoms with van der Waals surface area (Å²) in [4.78, 5) is 12.3. The first-order valence-electron chi connectivity index (χ1n) is 8.93. The number of nitrogens with one attached hydrogen (secondary N) is 1. The zero-order valence-corrected chi connectivity index (χ0v) is 16.9. The van der Waals surface area contributed by atoms with Crippen LogP contribution in [-0.4, -0.2) is 58.9 Å². The maximum Gasteiger partial charge on any atom is 0.167 e. The molecule has 11 heteroatoms. The standard InChI is InChI=1S/C18H20N6O3S2/c19-15-13-16(21-8-20-15)24(9-22-13)17-14(26)12(11(6-25)27-17)23-18(28)29-7-10-4-2-1-3-5-10/h1-5,8-9,11-12,14,17,25-26H,6-7H2,(H,23,28)(H2,19,20,21)/t11-,12+,14+,17-/m0/s1. The monoisotopic (exact) mass is 432 g/mol. The van der Waals surface area contributed by atoms with Crippen molar-refractivity contribution in [2.24, 2.45) is 0 Å². The lowest BCUT2D eigenvalue weighted by Crippen LogP contribution is -2.47. The number of fused-ring (bicyclic) bond motifs is 1. The molecular formula is C18H20N6O3S2. The molecule has 1 aromatic carbocycles. The van der Waals surface area contributed by atoms with Crippen LogP contribution in [0.15, 0.2) is 43.0 Å². The number of nitrogens with zero attached hydrogens (tertiary/aromatic N) is 4.